The fourth-order valence-corrected chi connectivity index (χ4v) is 4.31. The SMILES string of the molecule is C[C@@H]1CCc2cc(C(=O)NNC(=S)NCc3ccc(Cl)cc3)sc2C1. The summed E-state index contributed by atoms with van der Waals surface area (Å²) >= 11 is 12.6. The van der Waals surface area contributed by atoms with E-state index in [-0.39, 0.29) is 5.91 Å². The van der Waals surface area contributed by atoms with Gasteiger partial charge in [0, 0.05) is 16.4 Å². The molecule has 7 heteroatoms. The second-order valence-electron chi connectivity index (χ2n) is 6.30. The summed E-state index contributed by atoms with van der Waals surface area (Å²) in [6.45, 7) is 2.82. The number of thiophene rings is 1. The van der Waals surface area contributed by atoms with Gasteiger partial charge in [-0.15, -0.1) is 11.3 Å². The Kier molecular flexibility index (Phi) is 5.93. The van der Waals surface area contributed by atoms with Crippen molar-refractivity contribution in [1.82, 2.24) is 16.2 Å². The molecule has 0 saturated carbocycles. The fourth-order valence-electron chi connectivity index (χ4n) is 2.79. The Balaban J connectivity index is 1.47. The number of hydrazine groups is 1. The summed E-state index contributed by atoms with van der Waals surface area (Å²) in [5, 5.41) is 4.12. The first-order valence-corrected chi connectivity index (χ1v) is 9.81. The summed E-state index contributed by atoms with van der Waals surface area (Å²) in [5.74, 6) is 0.549. The minimum atomic E-state index is -0.150. The zero-order valence-electron chi connectivity index (χ0n) is 13.9. The average molecular weight is 394 g/mol. The van der Waals surface area contributed by atoms with Crippen molar-refractivity contribution in [2.24, 2.45) is 5.92 Å². The minimum absolute atomic E-state index is 0.150. The molecule has 1 aliphatic rings. The second kappa shape index (κ2) is 8.17. The first-order valence-electron chi connectivity index (χ1n) is 8.21. The molecule has 0 unspecified atom stereocenters. The number of nitrogens with one attached hydrogen (secondary N) is 3. The van der Waals surface area contributed by atoms with Gasteiger partial charge in [0.15, 0.2) is 5.11 Å². The van der Waals surface area contributed by atoms with Crippen molar-refractivity contribution in [1.29, 1.82) is 0 Å². The Morgan fingerprint density at radius 3 is 2.84 bits per heavy atom. The van der Waals surface area contributed by atoms with Crippen LogP contribution in [-0.2, 0) is 19.4 Å². The van der Waals surface area contributed by atoms with Gasteiger partial charge in [-0.2, -0.15) is 0 Å². The number of amides is 1. The molecule has 2 aromatic rings. The van der Waals surface area contributed by atoms with Gasteiger partial charge in [0.1, 0.15) is 0 Å². The Labute approximate surface area is 161 Å². The second-order valence-corrected chi connectivity index (χ2v) is 8.28. The van der Waals surface area contributed by atoms with Crippen molar-refractivity contribution in [3.05, 3.63) is 56.2 Å². The molecule has 0 radical (unpaired) electrons. The lowest BCUT2D eigenvalue weighted by Crippen LogP contribution is -2.46. The number of rotatable bonds is 3. The van der Waals surface area contributed by atoms with Crippen molar-refractivity contribution in [3.63, 3.8) is 0 Å². The van der Waals surface area contributed by atoms with Crippen LogP contribution >= 0.6 is 35.2 Å². The van der Waals surface area contributed by atoms with E-state index in [1.165, 1.54) is 16.9 Å². The molecule has 1 aromatic heterocycles. The maximum Gasteiger partial charge on any atom is 0.279 e. The zero-order chi connectivity index (χ0) is 17.8. The van der Waals surface area contributed by atoms with Crippen LogP contribution in [0.5, 0.6) is 0 Å². The van der Waals surface area contributed by atoms with Crippen molar-refractivity contribution in [3.8, 4) is 0 Å². The number of carbonyl (C=O) groups excluding carboxylic acids is 1. The van der Waals surface area contributed by atoms with Gasteiger partial charge in [-0.3, -0.25) is 15.6 Å². The molecule has 0 spiro atoms. The number of fused-ring (bicyclic) bond motifs is 1. The Hall–Kier alpha value is -1.63. The van der Waals surface area contributed by atoms with Crippen LogP contribution in [-0.4, -0.2) is 11.0 Å². The van der Waals surface area contributed by atoms with Crippen LogP contribution in [0.25, 0.3) is 0 Å². The van der Waals surface area contributed by atoms with E-state index in [9.17, 15) is 4.79 Å². The first kappa shape index (κ1) is 18.2. The van der Waals surface area contributed by atoms with E-state index in [2.05, 4.69) is 23.1 Å². The third-order valence-corrected chi connectivity index (χ3v) is 5.91. The summed E-state index contributed by atoms with van der Waals surface area (Å²) in [4.78, 5) is 14.4. The Morgan fingerprint density at radius 1 is 1.32 bits per heavy atom. The molecule has 25 heavy (non-hydrogen) atoms. The molecule has 1 atom stereocenters. The van der Waals surface area contributed by atoms with Gasteiger partial charge >= 0.3 is 0 Å². The smallest absolute Gasteiger partial charge is 0.279 e. The van der Waals surface area contributed by atoms with Gasteiger partial charge < -0.3 is 5.32 Å². The number of aryl methyl sites for hydroxylation is 1. The van der Waals surface area contributed by atoms with Crippen molar-refractivity contribution in [2.75, 3.05) is 0 Å². The molecule has 4 nitrogen and oxygen atoms in total. The largest absolute Gasteiger partial charge is 0.357 e. The third kappa shape index (κ3) is 4.93. The van der Waals surface area contributed by atoms with E-state index in [0.29, 0.717) is 22.6 Å². The standard InChI is InChI=1S/C18H20ClN3OS2/c1-11-2-5-13-9-16(25-15(13)8-11)17(23)21-22-18(24)20-10-12-3-6-14(19)7-4-12/h3-4,6-7,9,11H,2,5,8,10H2,1H3,(H,21,23)(H2,20,22,24)/t11-/m1/s1. The van der Waals surface area contributed by atoms with Crippen LogP contribution in [0.2, 0.25) is 5.02 Å². The summed E-state index contributed by atoms with van der Waals surface area (Å²) < 4.78 is 0. The maximum atomic E-state index is 12.3. The Morgan fingerprint density at radius 2 is 2.08 bits per heavy atom. The number of thiocarbonyl (C=S) groups is 1. The van der Waals surface area contributed by atoms with Crippen LogP contribution in [0.15, 0.2) is 30.3 Å². The summed E-state index contributed by atoms with van der Waals surface area (Å²) in [6, 6.07) is 9.51. The molecule has 0 fully saturated rings. The van der Waals surface area contributed by atoms with Crippen molar-refractivity contribution in [2.45, 2.75) is 32.7 Å². The van der Waals surface area contributed by atoms with E-state index in [4.69, 9.17) is 23.8 Å². The van der Waals surface area contributed by atoms with Crippen molar-refractivity contribution < 1.29 is 4.79 Å². The van der Waals surface area contributed by atoms with Gasteiger partial charge in [0.25, 0.3) is 5.91 Å². The predicted octanol–water partition coefficient (Wildman–Crippen LogP) is 3.84. The van der Waals surface area contributed by atoms with E-state index in [1.807, 2.05) is 30.3 Å². The molecule has 0 bridgehead atoms. The molecular formula is C18H20ClN3OS2. The van der Waals surface area contributed by atoms with Gasteiger partial charge in [0.05, 0.1) is 4.88 Å². The molecule has 1 heterocycles. The minimum Gasteiger partial charge on any atom is -0.357 e. The van der Waals surface area contributed by atoms with E-state index < -0.39 is 0 Å². The molecule has 0 aliphatic heterocycles. The first-order chi connectivity index (χ1) is 12.0. The highest BCUT2D eigenvalue weighted by atomic mass is 35.5. The van der Waals surface area contributed by atoms with Gasteiger partial charge in [-0.1, -0.05) is 30.7 Å². The lowest BCUT2D eigenvalue weighted by Gasteiger charge is -2.16. The van der Waals surface area contributed by atoms with E-state index >= 15 is 0 Å². The van der Waals surface area contributed by atoms with Crippen LogP contribution in [0, 0.1) is 5.92 Å². The number of hydrogen-bond acceptors (Lipinski definition) is 3. The monoisotopic (exact) mass is 393 g/mol. The number of halogens is 1. The lowest BCUT2D eigenvalue weighted by molar-refractivity contribution is 0.0947. The van der Waals surface area contributed by atoms with Crippen LogP contribution in [0.3, 0.4) is 0 Å². The molecular weight excluding hydrogens is 374 g/mol. The Bertz CT molecular complexity index is 773. The molecule has 3 N–H and O–H groups in total. The maximum absolute atomic E-state index is 12.3. The highest BCUT2D eigenvalue weighted by Gasteiger charge is 2.20. The number of hydrogen-bond donors (Lipinski definition) is 3. The molecule has 132 valence electrons. The molecule has 1 amide bonds. The van der Waals surface area contributed by atoms with E-state index in [1.54, 1.807) is 11.3 Å². The lowest BCUT2D eigenvalue weighted by atomic mass is 9.90. The molecule has 3 rings (SSSR count). The van der Waals surface area contributed by atoms with Gasteiger partial charge in [0.2, 0.25) is 0 Å². The topological polar surface area (TPSA) is 53.2 Å². The molecule has 1 aliphatic carbocycles. The number of carbonyl (C=O) groups is 1. The zero-order valence-corrected chi connectivity index (χ0v) is 16.3. The normalized spacial score (nSPS) is 16.0. The summed E-state index contributed by atoms with van der Waals surface area (Å²) in [7, 11) is 0. The highest BCUT2D eigenvalue weighted by Crippen LogP contribution is 2.32. The van der Waals surface area contributed by atoms with E-state index in [0.717, 1.165) is 23.3 Å². The molecule has 0 saturated heterocycles. The van der Waals surface area contributed by atoms with Gasteiger partial charge in [-0.25, -0.2) is 0 Å². The highest BCUT2D eigenvalue weighted by molar-refractivity contribution is 7.80. The summed E-state index contributed by atoms with van der Waals surface area (Å²) in [6.07, 6.45) is 3.33. The van der Waals surface area contributed by atoms with Crippen LogP contribution in [0.1, 0.15) is 39.0 Å². The quantitative estimate of drug-likeness (QED) is 0.548. The third-order valence-electron chi connectivity index (χ3n) is 4.22. The summed E-state index contributed by atoms with van der Waals surface area (Å²) in [5.41, 5.74) is 7.79. The van der Waals surface area contributed by atoms with Crippen LogP contribution in [0.4, 0.5) is 0 Å². The van der Waals surface area contributed by atoms with Crippen molar-refractivity contribution >= 4 is 46.2 Å². The van der Waals surface area contributed by atoms with Gasteiger partial charge in [-0.05, 0) is 66.7 Å². The molecule has 1 aromatic carbocycles. The average Bonchev–Trinajstić information content (AvgIpc) is 3.02. The number of benzene rings is 1. The predicted molar refractivity (Wildman–Crippen MR) is 107 cm³/mol. The fraction of sp³-hybridized carbons (Fsp3) is 0.333. The van der Waals surface area contributed by atoms with Crippen LogP contribution < -0.4 is 16.2 Å².